The van der Waals surface area contributed by atoms with E-state index in [0.29, 0.717) is 28.0 Å². The van der Waals surface area contributed by atoms with Crippen molar-refractivity contribution in [3.63, 3.8) is 0 Å². The Morgan fingerprint density at radius 1 is 1.27 bits per heavy atom. The average molecular weight is 418 g/mol. The van der Waals surface area contributed by atoms with E-state index in [1.807, 2.05) is 6.92 Å². The van der Waals surface area contributed by atoms with Crippen molar-refractivity contribution in [1.29, 1.82) is 0 Å². The number of carbonyl (C=O) groups excluding carboxylic acids is 2. The molecule has 1 aliphatic heterocycles. The summed E-state index contributed by atoms with van der Waals surface area (Å²) in [4.78, 5) is 26.8. The topological polar surface area (TPSA) is 81.7 Å². The minimum absolute atomic E-state index is 0.310. The lowest BCUT2D eigenvalue weighted by atomic mass is 9.94. The molecule has 26 heavy (non-hydrogen) atoms. The van der Waals surface area contributed by atoms with Crippen molar-refractivity contribution in [1.82, 2.24) is 5.32 Å². The van der Waals surface area contributed by atoms with Gasteiger partial charge in [0.05, 0.1) is 5.69 Å². The van der Waals surface area contributed by atoms with Crippen LogP contribution in [-0.4, -0.2) is 23.6 Å². The van der Waals surface area contributed by atoms with Gasteiger partial charge in [-0.25, -0.2) is 4.79 Å². The van der Waals surface area contributed by atoms with Gasteiger partial charge in [-0.2, -0.15) is 0 Å². The zero-order valence-electron chi connectivity index (χ0n) is 14.3. The maximum atomic E-state index is 13.0. The minimum Gasteiger partial charge on any atom is -0.359 e. The van der Waals surface area contributed by atoms with Crippen molar-refractivity contribution in [2.45, 2.75) is 25.5 Å². The van der Waals surface area contributed by atoms with Gasteiger partial charge in [-0.15, -0.1) is 0 Å². The fourth-order valence-corrected chi connectivity index (χ4v) is 3.32. The fourth-order valence-electron chi connectivity index (χ4n) is 2.96. The molecule has 0 bridgehead atoms. The Hall–Kier alpha value is -2.38. The van der Waals surface area contributed by atoms with Gasteiger partial charge in [0.25, 0.3) is 11.6 Å². The molecule has 3 amide bonds. The first-order valence-electron chi connectivity index (χ1n) is 8.45. The van der Waals surface area contributed by atoms with Gasteiger partial charge >= 0.3 is 6.03 Å². The summed E-state index contributed by atoms with van der Waals surface area (Å²) in [6, 6.07) is 13.1. The molecule has 1 heterocycles. The molecule has 0 unspecified atom stereocenters. The number of nitrogens with zero attached hydrogens (tertiary/aromatic N) is 1. The first-order chi connectivity index (χ1) is 12.5. The number of aliphatic hydroxyl groups is 1. The summed E-state index contributed by atoms with van der Waals surface area (Å²) in [5, 5.41) is 17.0. The van der Waals surface area contributed by atoms with Gasteiger partial charge in [0.15, 0.2) is 0 Å². The Labute approximate surface area is 160 Å². The van der Waals surface area contributed by atoms with Crippen LogP contribution in [0.25, 0.3) is 0 Å². The Balaban J connectivity index is 2.13. The van der Waals surface area contributed by atoms with Gasteiger partial charge in [-0.3, -0.25) is 9.69 Å². The highest BCUT2D eigenvalue weighted by atomic mass is 79.9. The number of hydrogen-bond donors (Lipinski definition) is 3. The van der Waals surface area contributed by atoms with E-state index < -0.39 is 17.7 Å². The summed E-state index contributed by atoms with van der Waals surface area (Å²) in [5.41, 5.74) is -1.03. The smallest absolute Gasteiger partial charge is 0.329 e. The highest BCUT2D eigenvalue weighted by Crippen LogP contribution is 2.40. The summed E-state index contributed by atoms with van der Waals surface area (Å²) < 4.78 is 0.695. The second-order valence-corrected chi connectivity index (χ2v) is 6.99. The van der Waals surface area contributed by atoms with Crippen LogP contribution >= 0.6 is 15.9 Å². The van der Waals surface area contributed by atoms with E-state index >= 15 is 0 Å². The van der Waals surface area contributed by atoms with Gasteiger partial charge in [0.2, 0.25) is 0 Å². The zero-order valence-corrected chi connectivity index (χ0v) is 15.9. The molecule has 0 radical (unpaired) electrons. The third-order valence-electron chi connectivity index (χ3n) is 4.27. The molecular formula is C19H20BrN3O3. The number of amides is 3. The van der Waals surface area contributed by atoms with Crippen LogP contribution < -0.4 is 15.5 Å². The molecule has 136 valence electrons. The van der Waals surface area contributed by atoms with Crippen molar-refractivity contribution >= 4 is 39.2 Å². The van der Waals surface area contributed by atoms with Crippen LogP contribution in [0.4, 0.5) is 16.2 Å². The Kier molecular flexibility index (Phi) is 5.29. The van der Waals surface area contributed by atoms with Crippen LogP contribution in [-0.2, 0) is 10.5 Å². The highest BCUT2D eigenvalue weighted by Gasteiger charge is 2.51. The summed E-state index contributed by atoms with van der Waals surface area (Å²) >= 11 is 3.37. The Morgan fingerprint density at radius 3 is 2.69 bits per heavy atom. The quantitative estimate of drug-likeness (QED) is 0.650. The summed E-state index contributed by atoms with van der Waals surface area (Å²) in [6.07, 6.45) is 1.69. The van der Waals surface area contributed by atoms with Crippen LogP contribution in [0.15, 0.2) is 53.0 Å². The largest absolute Gasteiger partial charge is 0.359 e. The number of hydrogen-bond acceptors (Lipinski definition) is 3. The van der Waals surface area contributed by atoms with Crippen molar-refractivity contribution in [2.24, 2.45) is 0 Å². The Morgan fingerprint density at radius 2 is 2.00 bits per heavy atom. The maximum Gasteiger partial charge on any atom is 0.329 e. The molecule has 0 aliphatic carbocycles. The van der Waals surface area contributed by atoms with Gasteiger partial charge < -0.3 is 15.7 Å². The SMILES string of the molecule is CCCCNC(=O)[C@@]1(O)c2cc(Br)ccc2NC(=O)N1c1ccccc1. The normalized spacial score (nSPS) is 18.9. The van der Waals surface area contributed by atoms with E-state index in [-0.39, 0.29) is 0 Å². The second kappa shape index (κ2) is 7.47. The average Bonchev–Trinajstić information content (AvgIpc) is 2.63. The third-order valence-corrected chi connectivity index (χ3v) is 4.77. The van der Waals surface area contributed by atoms with E-state index in [2.05, 4.69) is 26.6 Å². The maximum absolute atomic E-state index is 13.0. The van der Waals surface area contributed by atoms with Gasteiger partial charge in [0, 0.05) is 22.3 Å². The lowest BCUT2D eigenvalue weighted by molar-refractivity contribution is -0.140. The standard InChI is InChI=1S/C19H20BrN3O3/c1-2-3-11-21-17(24)19(26)15-12-13(20)9-10-16(15)22-18(25)23(19)14-7-5-4-6-8-14/h4-10,12,26H,2-3,11H2,1H3,(H,21,24)(H,22,25)/t19-/m0/s1. The molecule has 2 aromatic rings. The molecule has 2 aromatic carbocycles. The van der Waals surface area contributed by atoms with Crippen LogP contribution in [0, 0.1) is 0 Å². The molecule has 3 rings (SSSR count). The van der Waals surface area contributed by atoms with Gasteiger partial charge in [-0.1, -0.05) is 47.5 Å². The number of benzene rings is 2. The van der Waals surface area contributed by atoms with Crippen LogP contribution in [0.1, 0.15) is 25.3 Å². The molecule has 0 aromatic heterocycles. The number of urea groups is 1. The van der Waals surface area contributed by atoms with E-state index in [4.69, 9.17) is 0 Å². The van der Waals surface area contributed by atoms with E-state index in [9.17, 15) is 14.7 Å². The van der Waals surface area contributed by atoms with Crippen molar-refractivity contribution in [3.05, 3.63) is 58.6 Å². The zero-order chi connectivity index (χ0) is 18.7. The number of nitrogens with one attached hydrogen (secondary N) is 2. The number of fused-ring (bicyclic) bond motifs is 1. The van der Waals surface area contributed by atoms with Gasteiger partial charge in [0.1, 0.15) is 0 Å². The Bertz CT molecular complexity index is 828. The number of halogens is 1. The monoisotopic (exact) mass is 417 g/mol. The molecule has 0 fully saturated rings. The molecule has 1 atom stereocenters. The summed E-state index contributed by atoms with van der Waals surface area (Å²) in [5.74, 6) is -0.635. The lowest BCUT2D eigenvalue weighted by Crippen LogP contribution is -2.62. The van der Waals surface area contributed by atoms with E-state index in [1.165, 1.54) is 0 Å². The van der Waals surface area contributed by atoms with Crippen LogP contribution in [0.2, 0.25) is 0 Å². The first kappa shape index (κ1) is 18.4. The van der Waals surface area contributed by atoms with E-state index in [0.717, 1.165) is 17.7 Å². The fraction of sp³-hybridized carbons (Fsp3) is 0.263. The van der Waals surface area contributed by atoms with Crippen LogP contribution in [0.3, 0.4) is 0 Å². The molecule has 3 N–H and O–H groups in total. The number of rotatable bonds is 5. The number of para-hydroxylation sites is 1. The van der Waals surface area contributed by atoms with Crippen molar-refractivity contribution < 1.29 is 14.7 Å². The van der Waals surface area contributed by atoms with Crippen molar-refractivity contribution in [3.8, 4) is 0 Å². The van der Waals surface area contributed by atoms with Crippen LogP contribution in [0.5, 0.6) is 0 Å². The molecule has 0 saturated heterocycles. The van der Waals surface area contributed by atoms with Gasteiger partial charge in [-0.05, 0) is 36.8 Å². The molecule has 0 spiro atoms. The summed E-state index contributed by atoms with van der Waals surface area (Å²) in [6.45, 7) is 2.43. The van der Waals surface area contributed by atoms with Crippen molar-refractivity contribution in [2.75, 3.05) is 16.8 Å². The highest BCUT2D eigenvalue weighted by molar-refractivity contribution is 9.10. The molecule has 1 aliphatic rings. The molecular weight excluding hydrogens is 398 g/mol. The lowest BCUT2D eigenvalue weighted by Gasteiger charge is -2.42. The molecule has 7 heteroatoms. The minimum atomic E-state index is -2.16. The first-order valence-corrected chi connectivity index (χ1v) is 9.24. The predicted molar refractivity (Wildman–Crippen MR) is 104 cm³/mol. The molecule has 6 nitrogen and oxygen atoms in total. The second-order valence-electron chi connectivity index (χ2n) is 6.07. The number of anilines is 2. The summed E-state index contributed by atoms with van der Waals surface area (Å²) in [7, 11) is 0. The number of carbonyl (C=O) groups is 2. The van der Waals surface area contributed by atoms with E-state index in [1.54, 1.807) is 48.5 Å². The predicted octanol–water partition coefficient (Wildman–Crippen LogP) is 3.56. The number of unbranched alkanes of at least 4 members (excludes halogenated alkanes) is 1. The molecule has 0 saturated carbocycles. The third kappa shape index (κ3) is 3.20.